The van der Waals surface area contributed by atoms with Crippen molar-refractivity contribution in [2.75, 3.05) is 0 Å². The number of fused-ring (bicyclic) bond motifs is 1. The van der Waals surface area contributed by atoms with E-state index in [-0.39, 0.29) is 5.41 Å². The van der Waals surface area contributed by atoms with Crippen molar-refractivity contribution < 1.29 is 0 Å². The van der Waals surface area contributed by atoms with Gasteiger partial charge in [-0.1, -0.05) is 32.0 Å². The lowest BCUT2D eigenvalue weighted by molar-refractivity contribution is 0.443. The molecule has 110 valence electrons. The zero-order valence-corrected chi connectivity index (χ0v) is 14.1. The Morgan fingerprint density at radius 3 is 2.71 bits per heavy atom. The Kier molecular flexibility index (Phi) is 3.80. The first-order chi connectivity index (χ1) is 10.0. The van der Waals surface area contributed by atoms with Gasteiger partial charge in [0.2, 0.25) is 0 Å². The van der Waals surface area contributed by atoms with Crippen molar-refractivity contribution in [3.63, 3.8) is 0 Å². The number of hydrogen-bond acceptors (Lipinski definition) is 2. The van der Waals surface area contributed by atoms with E-state index in [1.165, 1.54) is 16.0 Å². The molecule has 0 fully saturated rings. The highest BCUT2D eigenvalue weighted by Gasteiger charge is 2.25. The molecule has 0 unspecified atom stereocenters. The lowest BCUT2D eigenvalue weighted by Gasteiger charge is -2.25. The molecule has 0 saturated carbocycles. The zero-order chi connectivity index (χ0) is 15.0. The van der Waals surface area contributed by atoms with E-state index in [9.17, 15) is 0 Å². The summed E-state index contributed by atoms with van der Waals surface area (Å²) in [5, 5.41) is 2.13. The second-order valence-electron chi connectivity index (χ2n) is 6.05. The van der Waals surface area contributed by atoms with Crippen LogP contribution in [0.15, 0.2) is 35.7 Å². The number of alkyl halides is 1. The van der Waals surface area contributed by atoms with Crippen molar-refractivity contribution in [2.45, 2.75) is 38.6 Å². The van der Waals surface area contributed by atoms with E-state index in [1.807, 2.05) is 0 Å². The molecule has 1 aromatic carbocycles. The maximum absolute atomic E-state index is 6.13. The van der Waals surface area contributed by atoms with Gasteiger partial charge in [-0.15, -0.1) is 22.9 Å². The molecule has 0 aliphatic rings. The van der Waals surface area contributed by atoms with E-state index in [0.717, 1.165) is 17.9 Å². The van der Waals surface area contributed by atoms with Gasteiger partial charge in [-0.3, -0.25) is 0 Å². The predicted octanol–water partition coefficient (Wildman–Crippen LogP) is 5.12. The molecule has 2 heterocycles. The summed E-state index contributed by atoms with van der Waals surface area (Å²) < 4.78 is 2.27. The second kappa shape index (κ2) is 5.47. The number of benzene rings is 1. The van der Waals surface area contributed by atoms with Crippen molar-refractivity contribution in [2.24, 2.45) is 0 Å². The van der Waals surface area contributed by atoms with Gasteiger partial charge in [0.1, 0.15) is 5.82 Å². The lowest BCUT2D eigenvalue weighted by Crippen LogP contribution is -2.24. The molecule has 2 nitrogen and oxygen atoms in total. The Morgan fingerprint density at radius 2 is 2.05 bits per heavy atom. The molecule has 0 aliphatic heterocycles. The Balaban J connectivity index is 2.10. The third kappa shape index (κ3) is 2.60. The van der Waals surface area contributed by atoms with Gasteiger partial charge < -0.3 is 4.57 Å². The van der Waals surface area contributed by atoms with Gasteiger partial charge >= 0.3 is 0 Å². The summed E-state index contributed by atoms with van der Waals surface area (Å²) in [6.07, 6.45) is 0. The van der Waals surface area contributed by atoms with Crippen molar-refractivity contribution in [1.82, 2.24) is 9.55 Å². The lowest BCUT2D eigenvalue weighted by atomic mass is 9.91. The molecular weight excluding hydrogens is 300 g/mol. The topological polar surface area (TPSA) is 17.8 Å². The monoisotopic (exact) mass is 318 g/mol. The van der Waals surface area contributed by atoms with Gasteiger partial charge in [-0.2, -0.15) is 0 Å². The zero-order valence-electron chi connectivity index (χ0n) is 12.6. The maximum Gasteiger partial charge on any atom is 0.124 e. The molecule has 0 spiro atoms. The van der Waals surface area contributed by atoms with Crippen LogP contribution >= 0.6 is 22.9 Å². The standard InChI is InChI=1S/C17H19ClN2S/c1-12-6-4-7-13-16(12)19-15(10-18)20(13)11-17(2,3)14-8-5-9-21-14/h4-9H,10-11H2,1-3H3. The van der Waals surface area contributed by atoms with Crippen LogP contribution in [0.5, 0.6) is 0 Å². The summed E-state index contributed by atoms with van der Waals surface area (Å²) in [5.74, 6) is 1.39. The number of nitrogens with zero attached hydrogens (tertiary/aromatic N) is 2. The fourth-order valence-corrected chi connectivity index (χ4v) is 3.80. The molecule has 0 aliphatic carbocycles. The highest BCUT2D eigenvalue weighted by atomic mass is 35.5. The van der Waals surface area contributed by atoms with Gasteiger partial charge in [-0.05, 0) is 30.0 Å². The van der Waals surface area contributed by atoms with Crippen LogP contribution in [0.3, 0.4) is 0 Å². The SMILES string of the molecule is Cc1cccc2c1nc(CCl)n2CC(C)(C)c1cccs1. The number of aryl methyl sites for hydroxylation is 1. The highest BCUT2D eigenvalue weighted by Crippen LogP contribution is 2.32. The number of para-hydroxylation sites is 1. The molecule has 0 saturated heterocycles. The first kappa shape index (κ1) is 14.6. The average molecular weight is 319 g/mol. The molecule has 2 aromatic heterocycles. The van der Waals surface area contributed by atoms with E-state index in [0.29, 0.717) is 5.88 Å². The van der Waals surface area contributed by atoms with Crippen molar-refractivity contribution >= 4 is 34.0 Å². The molecular formula is C17H19ClN2S. The highest BCUT2D eigenvalue weighted by molar-refractivity contribution is 7.10. The third-order valence-electron chi connectivity index (χ3n) is 3.92. The van der Waals surface area contributed by atoms with Crippen LogP contribution < -0.4 is 0 Å². The number of thiophene rings is 1. The van der Waals surface area contributed by atoms with Crippen molar-refractivity contribution in [3.8, 4) is 0 Å². The number of aromatic nitrogens is 2. The summed E-state index contributed by atoms with van der Waals surface area (Å²) in [6, 6.07) is 10.6. The Morgan fingerprint density at radius 1 is 1.24 bits per heavy atom. The molecule has 21 heavy (non-hydrogen) atoms. The summed E-state index contributed by atoms with van der Waals surface area (Å²) in [4.78, 5) is 6.12. The number of imidazole rings is 1. The molecule has 0 atom stereocenters. The molecule has 3 aromatic rings. The average Bonchev–Trinajstić information content (AvgIpc) is 3.08. The van der Waals surface area contributed by atoms with E-state index in [4.69, 9.17) is 16.6 Å². The van der Waals surface area contributed by atoms with Crippen molar-refractivity contribution in [3.05, 3.63) is 52.0 Å². The van der Waals surface area contributed by atoms with Crippen LogP contribution in [0.4, 0.5) is 0 Å². The van der Waals surface area contributed by atoms with E-state index >= 15 is 0 Å². The molecule has 0 bridgehead atoms. The first-order valence-electron chi connectivity index (χ1n) is 7.07. The smallest absolute Gasteiger partial charge is 0.124 e. The quantitative estimate of drug-likeness (QED) is 0.610. The Hall–Kier alpha value is -1.32. The predicted molar refractivity (Wildman–Crippen MR) is 91.4 cm³/mol. The number of halogens is 1. The van der Waals surface area contributed by atoms with Crippen LogP contribution in [0.25, 0.3) is 11.0 Å². The Labute approximate surface area is 134 Å². The minimum Gasteiger partial charge on any atom is -0.326 e. The van der Waals surface area contributed by atoms with Gasteiger partial charge in [0, 0.05) is 16.8 Å². The van der Waals surface area contributed by atoms with Gasteiger partial charge in [0.25, 0.3) is 0 Å². The van der Waals surface area contributed by atoms with Gasteiger partial charge in [0.05, 0.1) is 16.9 Å². The molecule has 4 heteroatoms. The second-order valence-corrected chi connectivity index (χ2v) is 7.27. The fraction of sp³-hybridized carbons (Fsp3) is 0.353. The third-order valence-corrected chi connectivity index (χ3v) is 5.40. The van der Waals surface area contributed by atoms with Crippen LogP contribution in [0.1, 0.15) is 30.1 Å². The van der Waals surface area contributed by atoms with E-state index in [1.54, 1.807) is 11.3 Å². The summed E-state index contributed by atoms with van der Waals surface area (Å²) >= 11 is 7.94. The fourth-order valence-electron chi connectivity index (χ4n) is 2.75. The molecule has 3 rings (SSSR count). The van der Waals surface area contributed by atoms with E-state index in [2.05, 4.69) is 61.1 Å². The Bertz CT molecular complexity index is 757. The van der Waals surface area contributed by atoms with Crippen LogP contribution in [-0.4, -0.2) is 9.55 Å². The molecule has 0 amide bonds. The van der Waals surface area contributed by atoms with Crippen LogP contribution in [-0.2, 0) is 17.8 Å². The summed E-state index contributed by atoms with van der Waals surface area (Å²) in [7, 11) is 0. The molecule has 0 N–H and O–H groups in total. The minimum atomic E-state index is 0.0619. The van der Waals surface area contributed by atoms with E-state index < -0.39 is 0 Å². The van der Waals surface area contributed by atoms with Gasteiger partial charge in [-0.25, -0.2) is 4.98 Å². The van der Waals surface area contributed by atoms with Gasteiger partial charge in [0.15, 0.2) is 0 Å². The largest absolute Gasteiger partial charge is 0.326 e. The normalized spacial score (nSPS) is 12.2. The first-order valence-corrected chi connectivity index (χ1v) is 8.49. The van der Waals surface area contributed by atoms with Crippen LogP contribution in [0, 0.1) is 6.92 Å². The van der Waals surface area contributed by atoms with Crippen molar-refractivity contribution in [1.29, 1.82) is 0 Å². The maximum atomic E-state index is 6.13. The molecule has 0 radical (unpaired) electrons. The summed E-state index contributed by atoms with van der Waals surface area (Å²) in [6.45, 7) is 7.54. The summed E-state index contributed by atoms with van der Waals surface area (Å²) in [5.41, 5.74) is 3.50. The number of hydrogen-bond donors (Lipinski definition) is 0. The number of rotatable bonds is 4. The van der Waals surface area contributed by atoms with Crippen LogP contribution in [0.2, 0.25) is 0 Å². The minimum absolute atomic E-state index is 0.0619.